The third-order valence-corrected chi connectivity index (χ3v) is 4.26. The lowest BCUT2D eigenvalue weighted by Crippen LogP contribution is -2.26. The Morgan fingerprint density at radius 1 is 1.13 bits per heavy atom. The SMILES string of the molecule is Cc1ccc2[nH]c(CN(CCO)Cc3cnc(C)[nH]3)c(C)c2c1. The largest absolute Gasteiger partial charge is 0.395 e. The summed E-state index contributed by atoms with van der Waals surface area (Å²) < 4.78 is 0. The second-order valence-corrected chi connectivity index (χ2v) is 6.21. The van der Waals surface area contributed by atoms with Gasteiger partial charge in [-0.05, 0) is 38.5 Å². The first-order chi connectivity index (χ1) is 11.1. The molecular weight excluding hydrogens is 288 g/mol. The highest BCUT2D eigenvalue weighted by atomic mass is 16.3. The van der Waals surface area contributed by atoms with Crippen LogP contribution in [0.2, 0.25) is 0 Å². The van der Waals surface area contributed by atoms with Crippen molar-refractivity contribution in [2.24, 2.45) is 0 Å². The molecule has 5 heteroatoms. The molecule has 0 aliphatic rings. The van der Waals surface area contributed by atoms with Crippen molar-refractivity contribution in [1.82, 2.24) is 19.9 Å². The van der Waals surface area contributed by atoms with Crippen LogP contribution in [0.25, 0.3) is 10.9 Å². The van der Waals surface area contributed by atoms with Crippen LogP contribution in [-0.4, -0.2) is 38.1 Å². The van der Waals surface area contributed by atoms with Crippen LogP contribution in [0.5, 0.6) is 0 Å². The summed E-state index contributed by atoms with van der Waals surface area (Å²) in [6, 6.07) is 6.48. The normalized spacial score (nSPS) is 11.7. The van der Waals surface area contributed by atoms with Crippen molar-refractivity contribution in [2.45, 2.75) is 33.9 Å². The lowest BCUT2D eigenvalue weighted by atomic mass is 10.1. The van der Waals surface area contributed by atoms with Crippen LogP contribution in [0.4, 0.5) is 0 Å². The van der Waals surface area contributed by atoms with Gasteiger partial charge in [-0.3, -0.25) is 4.90 Å². The summed E-state index contributed by atoms with van der Waals surface area (Å²) in [5, 5.41) is 10.6. The van der Waals surface area contributed by atoms with E-state index in [0.717, 1.165) is 24.6 Å². The summed E-state index contributed by atoms with van der Waals surface area (Å²) in [6.07, 6.45) is 1.86. The molecule has 1 aromatic carbocycles. The third kappa shape index (κ3) is 3.46. The van der Waals surface area contributed by atoms with Crippen LogP contribution < -0.4 is 0 Å². The Balaban J connectivity index is 1.83. The molecule has 0 amide bonds. The molecule has 23 heavy (non-hydrogen) atoms. The molecule has 0 radical (unpaired) electrons. The van der Waals surface area contributed by atoms with Gasteiger partial charge in [-0.15, -0.1) is 0 Å². The lowest BCUT2D eigenvalue weighted by Gasteiger charge is -2.20. The topological polar surface area (TPSA) is 67.9 Å². The number of aromatic amines is 2. The third-order valence-electron chi connectivity index (χ3n) is 4.26. The summed E-state index contributed by atoms with van der Waals surface area (Å²) in [6.45, 7) is 8.52. The molecule has 0 aliphatic carbocycles. The first kappa shape index (κ1) is 15.8. The summed E-state index contributed by atoms with van der Waals surface area (Å²) in [7, 11) is 0. The molecule has 0 saturated carbocycles. The molecular formula is C18H24N4O. The highest BCUT2D eigenvalue weighted by molar-refractivity contribution is 5.85. The van der Waals surface area contributed by atoms with Crippen LogP contribution in [0.1, 0.15) is 28.3 Å². The first-order valence-corrected chi connectivity index (χ1v) is 7.98. The molecule has 0 spiro atoms. The zero-order valence-electron chi connectivity index (χ0n) is 14.0. The fourth-order valence-electron chi connectivity index (χ4n) is 3.03. The quantitative estimate of drug-likeness (QED) is 0.655. The number of benzene rings is 1. The number of nitrogens with zero attached hydrogens (tertiary/aromatic N) is 2. The average molecular weight is 312 g/mol. The van der Waals surface area contributed by atoms with Gasteiger partial charge in [0, 0.05) is 48.1 Å². The predicted octanol–water partition coefficient (Wildman–Crippen LogP) is 2.81. The van der Waals surface area contributed by atoms with Crippen molar-refractivity contribution in [3.05, 3.63) is 52.7 Å². The molecule has 122 valence electrons. The van der Waals surface area contributed by atoms with E-state index in [1.165, 1.54) is 27.7 Å². The molecule has 0 unspecified atom stereocenters. The summed E-state index contributed by atoms with van der Waals surface area (Å²) >= 11 is 0. The number of aromatic nitrogens is 3. The molecule has 0 fully saturated rings. The van der Waals surface area contributed by atoms with E-state index in [1.807, 2.05) is 13.1 Å². The molecule has 2 aromatic heterocycles. The van der Waals surface area contributed by atoms with Crippen LogP contribution >= 0.6 is 0 Å². The minimum absolute atomic E-state index is 0.144. The van der Waals surface area contributed by atoms with E-state index < -0.39 is 0 Å². The highest BCUT2D eigenvalue weighted by Crippen LogP contribution is 2.24. The molecule has 3 aromatic rings. The Morgan fingerprint density at radius 2 is 1.96 bits per heavy atom. The van der Waals surface area contributed by atoms with Gasteiger partial charge in [0.2, 0.25) is 0 Å². The highest BCUT2D eigenvalue weighted by Gasteiger charge is 2.13. The second kappa shape index (κ2) is 6.56. The zero-order chi connectivity index (χ0) is 16.4. The molecule has 0 atom stereocenters. The van der Waals surface area contributed by atoms with Crippen molar-refractivity contribution < 1.29 is 5.11 Å². The summed E-state index contributed by atoms with van der Waals surface area (Å²) in [4.78, 5) is 13.2. The second-order valence-electron chi connectivity index (χ2n) is 6.21. The van der Waals surface area contributed by atoms with Crippen molar-refractivity contribution in [2.75, 3.05) is 13.2 Å². The number of rotatable bonds is 6. The van der Waals surface area contributed by atoms with Gasteiger partial charge in [-0.2, -0.15) is 0 Å². The maximum Gasteiger partial charge on any atom is 0.103 e. The fraction of sp³-hybridized carbons (Fsp3) is 0.389. The number of imidazole rings is 1. The smallest absolute Gasteiger partial charge is 0.103 e. The minimum Gasteiger partial charge on any atom is -0.395 e. The molecule has 0 bridgehead atoms. The molecule has 0 aliphatic heterocycles. The van der Waals surface area contributed by atoms with Crippen LogP contribution in [0.3, 0.4) is 0 Å². The lowest BCUT2D eigenvalue weighted by molar-refractivity contribution is 0.181. The van der Waals surface area contributed by atoms with Gasteiger partial charge in [-0.1, -0.05) is 11.6 Å². The van der Waals surface area contributed by atoms with E-state index in [9.17, 15) is 5.11 Å². The Kier molecular flexibility index (Phi) is 4.50. The number of hydrogen-bond acceptors (Lipinski definition) is 3. The predicted molar refractivity (Wildman–Crippen MR) is 92.3 cm³/mol. The van der Waals surface area contributed by atoms with Crippen molar-refractivity contribution in [3.63, 3.8) is 0 Å². The number of nitrogens with one attached hydrogen (secondary N) is 2. The number of aryl methyl sites for hydroxylation is 3. The molecule has 5 nitrogen and oxygen atoms in total. The zero-order valence-corrected chi connectivity index (χ0v) is 14.0. The summed E-state index contributed by atoms with van der Waals surface area (Å²) in [5.41, 5.74) is 6.00. The number of H-pyrrole nitrogens is 2. The van der Waals surface area contributed by atoms with Gasteiger partial charge in [0.25, 0.3) is 0 Å². The Morgan fingerprint density at radius 3 is 2.65 bits per heavy atom. The minimum atomic E-state index is 0.144. The van der Waals surface area contributed by atoms with Gasteiger partial charge in [0.15, 0.2) is 0 Å². The molecule has 3 N–H and O–H groups in total. The van der Waals surface area contributed by atoms with Crippen LogP contribution in [-0.2, 0) is 13.1 Å². The monoisotopic (exact) mass is 312 g/mol. The molecule has 3 rings (SSSR count). The Labute approximate surface area is 136 Å². The van der Waals surface area contributed by atoms with E-state index in [-0.39, 0.29) is 6.61 Å². The summed E-state index contributed by atoms with van der Waals surface area (Å²) in [5.74, 6) is 0.918. The molecule has 2 heterocycles. The maximum atomic E-state index is 9.37. The van der Waals surface area contributed by atoms with Crippen molar-refractivity contribution in [1.29, 1.82) is 0 Å². The Hall–Kier alpha value is -2.11. The van der Waals surface area contributed by atoms with E-state index in [1.54, 1.807) is 0 Å². The van der Waals surface area contributed by atoms with Gasteiger partial charge in [0.05, 0.1) is 6.61 Å². The first-order valence-electron chi connectivity index (χ1n) is 7.98. The average Bonchev–Trinajstić information content (AvgIpc) is 3.04. The van der Waals surface area contributed by atoms with Gasteiger partial charge < -0.3 is 15.1 Å². The van der Waals surface area contributed by atoms with Crippen molar-refractivity contribution >= 4 is 10.9 Å². The standard InChI is InChI=1S/C18H24N4O/c1-12-4-5-17-16(8-12)13(2)18(21-17)11-22(6-7-23)10-15-9-19-14(3)20-15/h4-5,8-9,21,23H,6-7,10-11H2,1-3H3,(H,19,20). The van der Waals surface area contributed by atoms with Gasteiger partial charge in [-0.25, -0.2) is 4.98 Å². The number of hydrogen-bond donors (Lipinski definition) is 3. The van der Waals surface area contributed by atoms with E-state index >= 15 is 0 Å². The van der Waals surface area contributed by atoms with Crippen molar-refractivity contribution in [3.8, 4) is 0 Å². The van der Waals surface area contributed by atoms with Gasteiger partial charge >= 0.3 is 0 Å². The van der Waals surface area contributed by atoms with E-state index in [0.29, 0.717) is 6.54 Å². The van der Waals surface area contributed by atoms with E-state index in [4.69, 9.17) is 0 Å². The number of aliphatic hydroxyl groups is 1. The van der Waals surface area contributed by atoms with E-state index in [2.05, 4.69) is 51.9 Å². The Bertz CT molecular complexity index is 803. The van der Waals surface area contributed by atoms with Gasteiger partial charge in [0.1, 0.15) is 5.82 Å². The fourth-order valence-corrected chi connectivity index (χ4v) is 3.03. The maximum absolute atomic E-state index is 9.37. The number of aliphatic hydroxyl groups excluding tert-OH is 1. The van der Waals surface area contributed by atoms with Crippen LogP contribution in [0, 0.1) is 20.8 Å². The number of fused-ring (bicyclic) bond motifs is 1. The van der Waals surface area contributed by atoms with Crippen LogP contribution in [0.15, 0.2) is 24.4 Å². The molecule has 0 saturated heterocycles.